The molecule has 2 aliphatic rings. The molecule has 0 fully saturated rings. The van der Waals surface area contributed by atoms with Crippen LogP contribution in [0.25, 0.3) is 11.1 Å². The van der Waals surface area contributed by atoms with E-state index in [0.717, 1.165) is 5.69 Å². The van der Waals surface area contributed by atoms with Gasteiger partial charge in [0.05, 0.1) is 12.3 Å². The number of hydrogen-bond acceptors (Lipinski definition) is 2. The number of anilines is 1. The first-order chi connectivity index (χ1) is 8.29. The van der Waals surface area contributed by atoms with Crippen molar-refractivity contribution in [1.82, 2.24) is 0 Å². The fourth-order valence-corrected chi connectivity index (χ4v) is 1.56. The van der Waals surface area contributed by atoms with Gasteiger partial charge in [0.15, 0.2) is 0 Å². The Morgan fingerprint density at radius 2 is 1.71 bits per heavy atom. The summed E-state index contributed by atoms with van der Waals surface area (Å²) in [4.78, 5) is 4.97. The fourth-order valence-electron chi connectivity index (χ4n) is 1.37. The lowest BCUT2D eigenvalue weighted by Gasteiger charge is -2.10. The Hall–Kier alpha value is -1.51. The van der Waals surface area contributed by atoms with Crippen molar-refractivity contribution in [3.05, 3.63) is 53.6 Å². The van der Waals surface area contributed by atoms with Crippen LogP contribution in [0, 0.1) is 0 Å². The minimum atomic E-state index is 0.631. The molecule has 0 saturated carbocycles. The van der Waals surface area contributed by atoms with Gasteiger partial charge in [-0.3, -0.25) is 10.3 Å². The molecule has 0 aliphatic heterocycles. The van der Waals surface area contributed by atoms with Crippen molar-refractivity contribution < 1.29 is 4.84 Å². The van der Waals surface area contributed by atoms with E-state index in [1.165, 1.54) is 11.1 Å². The van der Waals surface area contributed by atoms with E-state index < -0.39 is 0 Å². The highest BCUT2D eigenvalue weighted by atomic mass is 35.5. The number of nitrogens with one attached hydrogen (secondary N) is 1. The molecule has 1 aromatic carbocycles. The number of hydrogen-bond donors (Lipinski definition) is 1. The first-order valence-corrected chi connectivity index (χ1v) is 5.91. The maximum absolute atomic E-state index is 5.73. The average Bonchev–Trinajstić information content (AvgIpc) is 2.32. The summed E-state index contributed by atoms with van der Waals surface area (Å²) >= 11 is 5.73. The van der Waals surface area contributed by atoms with E-state index in [-0.39, 0.29) is 0 Å². The van der Waals surface area contributed by atoms with Gasteiger partial charge in [-0.1, -0.05) is 41.9 Å². The number of halogens is 1. The molecule has 1 N–H and O–H groups in total. The van der Waals surface area contributed by atoms with Crippen molar-refractivity contribution in [3.8, 4) is 11.1 Å². The first kappa shape index (κ1) is 12.0. The van der Waals surface area contributed by atoms with Crippen LogP contribution in [0.5, 0.6) is 0 Å². The minimum Gasteiger partial charge on any atom is -0.276 e. The molecule has 0 radical (unpaired) electrons. The molecule has 17 heavy (non-hydrogen) atoms. The van der Waals surface area contributed by atoms with Crippen molar-refractivity contribution >= 4 is 17.3 Å². The molecule has 0 spiro atoms. The van der Waals surface area contributed by atoms with Crippen LogP contribution in [0.4, 0.5) is 5.69 Å². The topological polar surface area (TPSA) is 21.3 Å². The molecule has 3 rings (SSSR count). The van der Waals surface area contributed by atoms with E-state index in [1.54, 1.807) is 6.07 Å². The molecule has 1 aromatic rings. The van der Waals surface area contributed by atoms with E-state index in [4.69, 9.17) is 16.4 Å². The summed E-state index contributed by atoms with van der Waals surface area (Å²) in [5.41, 5.74) is 6.48. The van der Waals surface area contributed by atoms with E-state index in [1.807, 2.05) is 25.1 Å². The lowest BCUT2D eigenvalue weighted by molar-refractivity contribution is 0.210. The molecule has 3 heteroatoms. The van der Waals surface area contributed by atoms with Crippen LogP contribution in [-0.4, -0.2) is 6.61 Å². The van der Waals surface area contributed by atoms with Crippen LogP contribution in [0.15, 0.2) is 48.5 Å². The maximum atomic E-state index is 5.73. The largest absolute Gasteiger partial charge is 0.276 e. The molecule has 2 nitrogen and oxygen atoms in total. The second kappa shape index (κ2) is 5.71. The third-order valence-corrected chi connectivity index (χ3v) is 2.61. The molecule has 2 aliphatic carbocycles. The predicted molar refractivity (Wildman–Crippen MR) is 72.1 cm³/mol. The van der Waals surface area contributed by atoms with Crippen LogP contribution < -0.4 is 5.48 Å². The minimum absolute atomic E-state index is 0.631. The highest BCUT2D eigenvalue weighted by molar-refractivity contribution is 6.30. The molecule has 0 atom stereocenters. The van der Waals surface area contributed by atoms with Gasteiger partial charge in [0.2, 0.25) is 0 Å². The molecule has 0 unspecified atom stereocenters. The molecule has 0 aromatic heterocycles. The Kier molecular flexibility index (Phi) is 4.02. The first-order valence-electron chi connectivity index (χ1n) is 5.53. The van der Waals surface area contributed by atoms with Crippen molar-refractivity contribution in [3.63, 3.8) is 0 Å². The van der Waals surface area contributed by atoms with Crippen LogP contribution >= 0.6 is 11.6 Å². The Morgan fingerprint density at radius 3 is 2.12 bits per heavy atom. The summed E-state index contributed by atoms with van der Waals surface area (Å²) in [6.45, 7) is 2.55. The Morgan fingerprint density at radius 1 is 1.06 bits per heavy atom. The number of rotatable bonds is 3. The lowest BCUT2D eigenvalue weighted by Crippen LogP contribution is -1.99. The quantitative estimate of drug-likeness (QED) is 0.694. The monoisotopic (exact) mass is 247 g/mol. The number of fused-ring (bicyclic) bond motifs is 1. The summed E-state index contributed by atoms with van der Waals surface area (Å²) in [6, 6.07) is 15.9. The zero-order valence-electron chi connectivity index (χ0n) is 9.61. The summed E-state index contributed by atoms with van der Waals surface area (Å²) in [7, 11) is 0. The second-order valence-electron chi connectivity index (χ2n) is 3.62. The fraction of sp³-hybridized carbons (Fsp3) is 0.143. The molecule has 0 heterocycles. The zero-order chi connectivity index (χ0) is 12.1. The van der Waals surface area contributed by atoms with Gasteiger partial charge in [0.25, 0.3) is 0 Å². The van der Waals surface area contributed by atoms with Gasteiger partial charge >= 0.3 is 0 Å². The molecular formula is C14H14ClNO. The zero-order valence-corrected chi connectivity index (χ0v) is 10.4. The van der Waals surface area contributed by atoms with Gasteiger partial charge in [-0.05, 0) is 36.2 Å². The normalized spacial score (nSPS) is 10.2. The van der Waals surface area contributed by atoms with E-state index in [0.29, 0.717) is 11.6 Å². The van der Waals surface area contributed by atoms with Crippen LogP contribution in [0.1, 0.15) is 6.92 Å². The van der Waals surface area contributed by atoms with Crippen molar-refractivity contribution in [2.24, 2.45) is 0 Å². The average molecular weight is 248 g/mol. The van der Waals surface area contributed by atoms with Crippen molar-refractivity contribution in [2.45, 2.75) is 6.92 Å². The van der Waals surface area contributed by atoms with Crippen LogP contribution in [0.3, 0.4) is 0 Å². The van der Waals surface area contributed by atoms with Gasteiger partial charge in [-0.25, -0.2) is 0 Å². The lowest BCUT2D eigenvalue weighted by atomic mass is 9.95. The van der Waals surface area contributed by atoms with Crippen molar-refractivity contribution in [2.75, 3.05) is 12.1 Å². The van der Waals surface area contributed by atoms with E-state index >= 15 is 0 Å². The highest BCUT2D eigenvalue weighted by Crippen LogP contribution is 2.29. The predicted octanol–water partition coefficient (Wildman–Crippen LogP) is 4.37. The van der Waals surface area contributed by atoms with E-state index in [2.05, 4.69) is 29.7 Å². The van der Waals surface area contributed by atoms with Crippen LogP contribution in [-0.2, 0) is 4.84 Å². The molecule has 0 bridgehead atoms. The Labute approximate surface area is 106 Å². The Balaban J connectivity index is 0.000000148. The highest BCUT2D eigenvalue weighted by Gasteiger charge is 2.03. The third-order valence-electron chi connectivity index (χ3n) is 2.38. The standard InChI is InChI=1S/C8H10ClNO.C6H4/c1-2-11-10-8-5-3-4-7(9)6-8;1-2-6-4-3-5(1)6/h3-6,10H,2H2,1H3;1-4H. The van der Waals surface area contributed by atoms with Crippen LogP contribution in [0.2, 0.25) is 5.02 Å². The summed E-state index contributed by atoms with van der Waals surface area (Å²) < 4.78 is 0. The summed E-state index contributed by atoms with van der Waals surface area (Å²) in [5.74, 6) is 0. The Bertz CT molecular complexity index is 461. The van der Waals surface area contributed by atoms with Gasteiger partial charge in [0, 0.05) is 5.02 Å². The smallest absolute Gasteiger partial charge is 0.0717 e. The molecule has 0 saturated heterocycles. The molecule has 0 amide bonds. The third kappa shape index (κ3) is 3.22. The molecule has 88 valence electrons. The van der Waals surface area contributed by atoms with Gasteiger partial charge in [-0.15, -0.1) is 0 Å². The van der Waals surface area contributed by atoms with Gasteiger partial charge < -0.3 is 0 Å². The number of benzene rings is 2. The van der Waals surface area contributed by atoms with Gasteiger partial charge in [-0.2, -0.15) is 0 Å². The maximum Gasteiger partial charge on any atom is 0.0717 e. The van der Waals surface area contributed by atoms with Gasteiger partial charge in [0.1, 0.15) is 0 Å². The van der Waals surface area contributed by atoms with E-state index in [9.17, 15) is 0 Å². The molecular weight excluding hydrogens is 234 g/mol. The second-order valence-corrected chi connectivity index (χ2v) is 4.06. The van der Waals surface area contributed by atoms with Crippen molar-refractivity contribution in [1.29, 1.82) is 0 Å². The summed E-state index contributed by atoms with van der Waals surface area (Å²) in [5, 5.41) is 0.703. The summed E-state index contributed by atoms with van der Waals surface area (Å²) in [6.07, 6.45) is 0. The SMILES string of the molecule is CCONc1cccc(Cl)c1.c1cc2ccc1-2.